The first-order valence-corrected chi connectivity index (χ1v) is 12.2. The molecule has 3 aromatic rings. The summed E-state index contributed by atoms with van der Waals surface area (Å²) >= 11 is 11.4. The number of alkyl halides is 7. The van der Waals surface area contributed by atoms with Gasteiger partial charge in [0.1, 0.15) is 6.54 Å². The van der Waals surface area contributed by atoms with Gasteiger partial charge in [0.05, 0.1) is 15.8 Å². The van der Waals surface area contributed by atoms with Crippen LogP contribution in [0, 0.1) is 12.7 Å². The number of aromatic nitrogens is 3. The van der Waals surface area contributed by atoms with E-state index in [1.807, 2.05) is 0 Å². The van der Waals surface area contributed by atoms with E-state index < -0.39 is 76.2 Å². The van der Waals surface area contributed by atoms with E-state index in [1.165, 1.54) is 25.1 Å². The zero-order chi connectivity index (χ0) is 30.5. The Labute approximate surface area is 236 Å². The number of aryl methyl sites for hydroxylation is 1. The van der Waals surface area contributed by atoms with Crippen molar-refractivity contribution in [2.75, 3.05) is 5.32 Å². The molecule has 1 atom stereocenters. The Hall–Kier alpha value is -3.46. The van der Waals surface area contributed by atoms with Crippen molar-refractivity contribution < 1.29 is 44.8 Å². The number of rotatable bonds is 7. The lowest BCUT2D eigenvalue weighted by Crippen LogP contribution is -2.42. The molecule has 41 heavy (non-hydrogen) atoms. The highest BCUT2D eigenvalue weighted by Gasteiger charge is 2.62. The standard InChI is InChI=1S/C24H17Cl2F8N5O2/c1-10-5-11(16-8-23(41-38-16,24(32,33)34)12-6-14(25)18(29)15(26)7-12)3-4-13(10)19(40)35-21-36-20(22(2,30)31)39(37-21)9-17(27)28/h3-7,17H,8-9H2,1-2H3,(H,35,37,40). The maximum Gasteiger partial charge on any atom is 0.435 e. The van der Waals surface area contributed by atoms with Crippen molar-refractivity contribution >= 4 is 40.8 Å². The molecule has 7 nitrogen and oxygen atoms in total. The van der Waals surface area contributed by atoms with Gasteiger partial charge in [0.25, 0.3) is 17.9 Å². The molecule has 0 saturated heterocycles. The lowest BCUT2D eigenvalue weighted by molar-refractivity contribution is -0.275. The smallest absolute Gasteiger partial charge is 0.374 e. The summed E-state index contributed by atoms with van der Waals surface area (Å²) in [5.41, 5.74) is -3.48. The molecule has 0 saturated carbocycles. The van der Waals surface area contributed by atoms with Gasteiger partial charge in [-0.3, -0.25) is 10.1 Å². The van der Waals surface area contributed by atoms with E-state index in [9.17, 15) is 39.9 Å². The van der Waals surface area contributed by atoms with E-state index in [1.54, 1.807) is 0 Å². The molecule has 2 aromatic carbocycles. The van der Waals surface area contributed by atoms with Crippen molar-refractivity contribution in [1.29, 1.82) is 0 Å². The van der Waals surface area contributed by atoms with Crippen molar-refractivity contribution in [2.24, 2.45) is 5.16 Å². The number of halogens is 10. The van der Waals surface area contributed by atoms with Gasteiger partial charge in [-0.2, -0.15) is 26.9 Å². The highest BCUT2D eigenvalue weighted by Crippen LogP contribution is 2.50. The van der Waals surface area contributed by atoms with Gasteiger partial charge in [0.15, 0.2) is 11.6 Å². The molecule has 1 amide bonds. The van der Waals surface area contributed by atoms with Gasteiger partial charge >= 0.3 is 12.1 Å². The van der Waals surface area contributed by atoms with Crippen LogP contribution < -0.4 is 5.32 Å². The second kappa shape index (κ2) is 10.7. The van der Waals surface area contributed by atoms with Gasteiger partial charge in [-0.05, 0) is 42.3 Å². The zero-order valence-electron chi connectivity index (χ0n) is 20.8. The summed E-state index contributed by atoms with van der Waals surface area (Å²) in [6.07, 6.45) is -8.90. The summed E-state index contributed by atoms with van der Waals surface area (Å²) in [7, 11) is 0. The highest BCUT2D eigenvalue weighted by molar-refractivity contribution is 6.35. The minimum atomic E-state index is -5.04. The van der Waals surface area contributed by atoms with Crippen LogP contribution in [0.4, 0.5) is 41.1 Å². The third-order valence-electron chi connectivity index (χ3n) is 6.04. The second-order valence-electron chi connectivity index (χ2n) is 9.09. The largest absolute Gasteiger partial charge is 0.435 e. The molecule has 4 rings (SSSR count). The Bertz CT molecular complexity index is 1510. The maximum atomic E-state index is 14.3. The van der Waals surface area contributed by atoms with Gasteiger partial charge in [-0.15, -0.1) is 5.10 Å². The average Bonchev–Trinajstić information content (AvgIpc) is 3.47. The normalized spacial score (nSPS) is 17.5. The predicted molar refractivity (Wildman–Crippen MR) is 131 cm³/mol. The Morgan fingerprint density at radius 2 is 1.78 bits per heavy atom. The molecule has 1 N–H and O–H groups in total. The minimum Gasteiger partial charge on any atom is -0.374 e. The van der Waals surface area contributed by atoms with Crippen LogP contribution in [0.3, 0.4) is 0 Å². The molecule has 220 valence electrons. The Morgan fingerprint density at radius 1 is 1.15 bits per heavy atom. The van der Waals surface area contributed by atoms with Crippen LogP contribution in [-0.2, 0) is 22.9 Å². The van der Waals surface area contributed by atoms with Crippen LogP contribution in [0.25, 0.3) is 0 Å². The molecule has 0 radical (unpaired) electrons. The lowest BCUT2D eigenvalue weighted by atomic mass is 9.86. The second-order valence-corrected chi connectivity index (χ2v) is 9.90. The van der Waals surface area contributed by atoms with Gasteiger partial charge in [-0.1, -0.05) is 34.4 Å². The summed E-state index contributed by atoms with van der Waals surface area (Å²) in [5.74, 6) is -7.39. The van der Waals surface area contributed by atoms with Gasteiger partial charge < -0.3 is 4.84 Å². The number of hydrogen-bond acceptors (Lipinski definition) is 5. The first-order chi connectivity index (χ1) is 18.9. The average molecular weight is 630 g/mol. The zero-order valence-corrected chi connectivity index (χ0v) is 22.3. The third kappa shape index (κ3) is 5.96. The first kappa shape index (κ1) is 30.5. The van der Waals surface area contributed by atoms with E-state index in [0.717, 1.165) is 12.1 Å². The van der Waals surface area contributed by atoms with E-state index >= 15 is 0 Å². The number of nitrogens with zero attached hydrogens (tertiary/aromatic N) is 4. The molecule has 0 bridgehead atoms. The van der Waals surface area contributed by atoms with Gasteiger partial charge in [0, 0.05) is 24.5 Å². The molecule has 1 aromatic heterocycles. The molecule has 0 fully saturated rings. The molecular formula is C24H17Cl2F8N5O2. The fourth-order valence-electron chi connectivity index (χ4n) is 4.09. The topological polar surface area (TPSA) is 81.4 Å². The number of anilines is 1. The van der Waals surface area contributed by atoms with Crippen LogP contribution in [0.2, 0.25) is 10.0 Å². The number of benzene rings is 2. The molecule has 1 aliphatic heterocycles. The van der Waals surface area contributed by atoms with Gasteiger partial charge in [-0.25, -0.2) is 17.9 Å². The van der Waals surface area contributed by atoms with Crippen LogP contribution in [0.15, 0.2) is 35.5 Å². The van der Waals surface area contributed by atoms with E-state index in [0.29, 0.717) is 6.92 Å². The SMILES string of the molecule is Cc1cc(C2=NOC(c3cc(Cl)c(F)c(Cl)c3)(C(F)(F)F)C2)ccc1C(=O)Nc1nc(C(C)(F)F)n(CC(F)F)n1. The van der Waals surface area contributed by atoms with Crippen molar-refractivity contribution in [3.63, 3.8) is 0 Å². The minimum absolute atomic E-state index is 0.0533. The Kier molecular flexibility index (Phi) is 7.99. The number of hydrogen-bond donors (Lipinski definition) is 1. The quantitative estimate of drug-likeness (QED) is 0.221. The number of nitrogens with one attached hydrogen (secondary N) is 1. The summed E-state index contributed by atoms with van der Waals surface area (Å²) in [6.45, 7) is 0.671. The first-order valence-electron chi connectivity index (χ1n) is 11.4. The van der Waals surface area contributed by atoms with Crippen LogP contribution in [0.1, 0.15) is 46.2 Å². The van der Waals surface area contributed by atoms with E-state index in [-0.39, 0.29) is 27.1 Å². The Balaban J connectivity index is 1.59. The van der Waals surface area contributed by atoms with Gasteiger partial charge in [0.2, 0.25) is 5.95 Å². The fraction of sp³-hybridized carbons (Fsp3) is 0.333. The summed E-state index contributed by atoms with van der Waals surface area (Å²) in [5, 5.41) is 7.94. The van der Waals surface area contributed by atoms with E-state index in [2.05, 4.69) is 20.6 Å². The van der Waals surface area contributed by atoms with Crippen molar-refractivity contribution in [2.45, 2.75) is 50.9 Å². The highest BCUT2D eigenvalue weighted by atomic mass is 35.5. The van der Waals surface area contributed by atoms with Crippen molar-refractivity contribution in [3.05, 3.63) is 74.3 Å². The summed E-state index contributed by atoms with van der Waals surface area (Å²) < 4.78 is 110. The Morgan fingerprint density at radius 3 is 2.32 bits per heavy atom. The van der Waals surface area contributed by atoms with Crippen LogP contribution >= 0.6 is 23.2 Å². The molecule has 1 unspecified atom stereocenters. The molecule has 1 aliphatic rings. The fourth-order valence-corrected chi connectivity index (χ4v) is 4.58. The number of carbonyl (C=O) groups excluding carboxylic acids is 1. The number of carbonyl (C=O) groups is 1. The summed E-state index contributed by atoms with van der Waals surface area (Å²) in [4.78, 5) is 21.1. The van der Waals surface area contributed by atoms with Crippen molar-refractivity contribution in [1.82, 2.24) is 14.8 Å². The van der Waals surface area contributed by atoms with Crippen LogP contribution in [0.5, 0.6) is 0 Å². The predicted octanol–water partition coefficient (Wildman–Crippen LogP) is 7.24. The molecule has 0 aliphatic carbocycles. The molecule has 2 heterocycles. The third-order valence-corrected chi connectivity index (χ3v) is 6.59. The maximum absolute atomic E-state index is 14.3. The monoisotopic (exact) mass is 629 g/mol. The summed E-state index contributed by atoms with van der Waals surface area (Å²) in [6, 6.07) is 5.28. The van der Waals surface area contributed by atoms with E-state index in [4.69, 9.17) is 28.0 Å². The van der Waals surface area contributed by atoms with Crippen molar-refractivity contribution in [3.8, 4) is 0 Å². The molecular weight excluding hydrogens is 613 g/mol. The molecule has 17 heteroatoms. The van der Waals surface area contributed by atoms with Crippen LogP contribution in [-0.4, -0.2) is 39.0 Å². The lowest BCUT2D eigenvalue weighted by Gasteiger charge is -2.29. The number of oxime groups is 1. The molecule has 0 spiro atoms. The number of amides is 1.